The van der Waals surface area contributed by atoms with Crippen molar-refractivity contribution in [1.82, 2.24) is 5.32 Å². The van der Waals surface area contributed by atoms with Crippen LogP contribution in [-0.2, 0) is 0 Å². The van der Waals surface area contributed by atoms with E-state index in [1.54, 1.807) is 24.3 Å². The van der Waals surface area contributed by atoms with Crippen molar-refractivity contribution in [2.45, 2.75) is 6.92 Å². The third-order valence-electron chi connectivity index (χ3n) is 1.99. The van der Waals surface area contributed by atoms with E-state index < -0.39 is 0 Å². The summed E-state index contributed by atoms with van der Waals surface area (Å²) >= 11 is 3.14. The lowest BCUT2D eigenvalue weighted by molar-refractivity contribution is 0.101. The van der Waals surface area contributed by atoms with Gasteiger partial charge in [0.2, 0.25) is 0 Å². The fraction of sp³-hybridized carbons (Fsp3) is 0.167. The number of nitrogens with one attached hydrogen (secondary N) is 2. The number of Topliss-reactive ketones (excluding diaryl/α,β-unsaturated/α-hetero) is 1. The molecule has 2 amide bonds. The Morgan fingerprint density at radius 1 is 1.29 bits per heavy atom. The zero-order chi connectivity index (χ0) is 12.8. The molecule has 1 aromatic carbocycles. The molecule has 2 N–H and O–H groups in total. The van der Waals surface area contributed by atoms with Gasteiger partial charge in [0, 0.05) is 15.7 Å². The maximum Gasteiger partial charge on any atom is 0.319 e. The minimum Gasteiger partial charge on any atom is -0.333 e. The van der Waals surface area contributed by atoms with Gasteiger partial charge in [0.25, 0.3) is 0 Å². The van der Waals surface area contributed by atoms with Crippen LogP contribution in [0.1, 0.15) is 17.3 Å². The van der Waals surface area contributed by atoms with Crippen LogP contribution in [-0.4, -0.2) is 18.4 Å². The van der Waals surface area contributed by atoms with Gasteiger partial charge in [0.1, 0.15) is 0 Å². The van der Waals surface area contributed by atoms with E-state index in [9.17, 15) is 9.59 Å². The number of ketones is 1. The van der Waals surface area contributed by atoms with Crippen molar-refractivity contribution in [3.63, 3.8) is 0 Å². The second-order valence-corrected chi connectivity index (χ2v) is 4.58. The Labute approximate surface area is 108 Å². The summed E-state index contributed by atoms with van der Waals surface area (Å²) in [7, 11) is 0. The molecular formula is C12H13BrN2O2. The summed E-state index contributed by atoms with van der Waals surface area (Å²) in [5.74, 6) is -0.00316. The SMILES string of the molecule is C=C(Br)CNC(=O)Nc1ccc(C(C)=O)cc1. The molecule has 0 heterocycles. The first-order valence-electron chi connectivity index (χ1n) is 4.98. The number of urea groups is 1. The standard InChI is InChI=1S/C12H13BrN2O2/c1-8(13)7-14-12(17)15-11-5-3-10(4-6-11)9(2)16/h3-6H,1,7H2,2H3,(H2,14,15,17). The minimum atomic E-state index is -0.318. The van der Waals surface area contributed by atoms with E-state index in [0.29, 0.717) is 22.3 Å². The molecule has 0 fully saturated rings. The van der Waals surface area contributed by atoms with Crippen molar-refractivity contribution in [2.75, 3.05) is 11.9 Å². The number of carbonyl (C=O) groups is 2. The third-order valence-corrected chi connectivity index (χ3v) is 2.27. The first-order chi connectivity index (χ1) is 7.99. The van der Waals surface area contributed by atoms with E-state index in [1.165, 1.54) is 6.92 Å². The lowest BCUT2D eigenvalue weighted by atomic mass is 10.1. The second kappa shape index (κ2) is 6.20. The molecule has 0 aromatic heterocycles. The van der Waals surface area contributed by atoms with Crippen molar-refractivity contribution in [3.05, 3.63) is 40.9 Å². The van der Waals surface area contributed by atoms with Gasteiger partial charge in [-0.3, -0.25) is 4.79 Å². The van der Waals surface area contributed by atoms with E-state index in [1.807, 2.05) is 0 Å². The number of rotatable bonds is 4. The molecule has 0 aliphatic carbocycles. The minimum absolute atomic E-state index is 0.00316. The van der Waals surface area contributed by atoms with Gasteiger partial charge in [-0.25, -0.2) is 4.79 Å². The molecule has 0 aliphatic rings. The van der Waals surface area contributed by atoms with Crippen molar-refractivity contribution in [3.8, 4) is 0 Å². The van der Waals surface area contributed by atoms with Crippen LogP contribution in [0.2, 0.25) is 0 Å². The van der Waals surface area contributed by atoms with E-state index in [0.717, 1.165) is 0 Å². The predicted molar refractivity (Wildman–Crippen MR) is 71.5 cm³/mol. The first-order valence-corrected chi connectivity index (χ1v) is 5.77. The normalized spacial score (nSPS) is 9.53. The third kappa shape index (κ3) is 4.82. The van der Waals surface area contributed by atoms with Crippen molar-refractivity contribution in [2.24, 2.45) is 0 Å². The number of anilines is 1. The topological polar surface area (TPSA) is 58.2 Å². The highest BCUT2D eigenvalue weighted by Crippen LogP contribution is 2.09. The summed E-state index contributed by atoms with van der Waals surface area (Å²) in [6, 6.07) is 6.38. The Balaban J connectivity index is 2.54. The van der Waals surface area contributed by atoms with Gasteiger partial charge in [0.15, 0.2) is 5.78 Å². The molecule has 4 nitrogen and oxygen atoms in total. The van der Waals surface area contributed by atoms with Crippen molar-refractivity contribution in [1.29, 1.82) is 0 Å². The fourth-order valence-electron chi connectivity index (χ4n) is 1.14. The molecule has 0 bridgehead atoms. The van der Waals surface area contributed by atoms with Gasteiger partial charge in [-0.1, -0.05) is 22.5 Å². The summed E-state index contributed by atoms with van der Waals surface area (Å²) in [5, 5.41) is 5.24. The Bertz CT molecular complexity index is 440. The predicted octanol–water partition coefficient (Wildman–Crippen LogP) is 2.92. The molecule has 5 heteroatoms. The molecule has 0 spiro atoms. The number of halogens is 1. The molecule has 0 saturated heterocycles. The van der Waals surface area contributed by atoms with Crippen LogP contribution >= 0.6 is 15.9 Å². The second-order valence-electron chi connectivity index (χ2n) is 3.46. The van der Waals surface area contributed by atoms with Crippen molar-refractivity contribution >= 4 is 33.4 Å². The maximum absolute atomic E-state index is 11.4. The highest BCUT2D eigenvalue weighted by atomic mass is 79.9. The van der Waals surface area contributed by atoms with E-state index in [-0.39, 0.29) is 11.8 Å². The quantitative estimate of drug-likeness (QED) is 0.839. The van der Waals surface area contributed by atoms with Gasteiger partial charge in [-0.05, 0) is 31.2 Å². The summed E-state index contributed by atoms with van der Waals surface area (Å²) in [4.78, 5) is 22.4. The van der Waals surface area contributed by atoms with Gasteiger partial charge in [0.05, 0.1) is 6.54 Å². The lowest BCUT2D eigenvalue weighted by Gasteiger charge is -2.07. The van der Waals surface area contributed by atoms with Crippen LogP contribution < -0.4 is 10.6 Å². The molecule has 1 rings (SSSR count). The highest BCUT2D eigenvalue weighted by Gasteiger charge is 2.02. The van der Waals surface area contributed by atoms with Crippen LogP contribution in [0.3, 0.4) is 0 Å². The average molecular weight is 297 g/mol. The molecule has 0 saturated carbocycles. The summed E-state index contributed by atoms with van der Waals surface area (Å²) in [6.07, 6.45) is 0. The van der Waals surface area contributed by atoms with Crippen LogP contribution in [0.4, 0.5) is 10.5 Å². The molecule has 0 atom stereocenters. The Morgan fingerprint density at radius 2 is 1.88 bits per heavy atom. The monoisotopic (exact) mass is 296 g/mol. The van der Waals surface area contributed by atoms with Gasteiger partial charge >= 0.3 is 6.03 Å². The fourth-order valence-corrected chi connectivity index (χ4v) is 1.28. The molecular weight excluding hydrogens is 284 g/mol. The Hall–Kier alpha value is -1.62. The zero-order valence-corrected chi connectivity index (χ0v) is 11.0. The maximum atomic E-state index is 11.4. The van der Waals surface area contributed by atoms with Crippen LogP contribution in [0, 0.1) is 0 Å². The zero-order valence-electron chi connectivity index (χ0n) is 9.42. The van der Waals surface area contributed by atoms with Crippen molar-refractivity contribution < 1.29 is 9.59 Å². The molecule has 1 aromatic rings. The van der Waals surface area contributed by atoms with E-state index in [4.69, 9.17) is 0 Å². The van der Waals surface area contributed by atoms with Crippen LogP contribution in [0.5, 0.6) is 0 Å². The summed E-state index contributed by atoms with van der Waals surface area (Å²) in [6.45, 7) is 5.46. The number of benzene rings is 1. The summed E-state index contributed by atoms with van der Waals surface area (Å²) < 4.78 is 0.694. The number of carbonyl (C=O) groups excluding carboxylic acids is 2. The van der Waals surface area contributed by atoms with Gasteiger partial charge < -0.3 is 10.6 Å². The van der Waals surface area contributed by atoms with Gasteiger partial charge in [-0.15, -0.1) is 0 Å². The lowest BCUT2D eigenvalue weighted by Crippen LogP contribution is -2.29. The number of hydrogen-bond acceptors (Lipinski definition) is 2. The molecule has 0 radical (unpaired) electrons. The molecule has 0 unspecified atom stereocenters. The number of hydrogen-bond donors (Lipinski definition) is 2. The highest BCUT2D eigenvalue weighted by molar-refractivity contribution is 9.11. The van der Waals surface area contributed by atoms with Crippen LogP contribution in [0.25, 0.3) is 0 Å². The van der Waals surface area contributed by atoms with Gasteiger partial charge in [-0.2, -0.15) is 0 Å². The molecule has 17 heavy (non-hydrogen) atoms. The average Bonchev–Trinajstić information content (AvgIpc) is 2.27. The summed E-state index contributed by atoms with van der Waals surface area (Å²) in [5.41, 5.74) is 1.25. The first kappa shape index (κ1) is 13.4. The largest absolute Gasteiger partial charge is 0.333 e. The Morgan fingerprint density at radius 3 is 2.35 bits per heavy atom. The molecule has 0 aliphatic heterocycles. The van der Waals surface area contributed by atoms with Crippen LogP contribution in [0.15, 0.2) is 35.3 Å². The number of amides is 2. The van der Waals surface area contributed by atoms with E-state index in [2.05, 4.69) is 33.1 Å². The molecule has 90 valence electrons. The smallest absolute Gasteiger partial charge is 0.319 e. The van der Waals surface area contributed by atoms with E-state index >= 15 is 0 Å². The Kier molecular flexibility index (Phi) is 4.90.